The van der Waals surface area contributed by atoms with E-state index in [4.69, 9.17) is 23.8 Å². The van der Waals surface area contributed by atoms with Crippen molar-refractivity contribution in [2.24, 2.45) is 0 Å². The van der Waals surface area contributed by atoms with Crippen LogP contribution < -0.4 is 0 Å². The Hall–Kier alpha value is -10.4. The Morgan fingerprint density at radius 1 is 0.276 bits per heavy atom. The maximum atomic E-state index is 7.32. The number of hydrogen-bond donors (Lipinski definition) is 0. The van der Waals surface area contributed by atoms with Gasteiger partial charge in [-0.05, 0) is 111 Å². The summed E-state index contributed by atoms with van der Waals surface area (Å²) in [5.74, 6) is 1.63. The monoisotopic (exact) mass is 969 g/mol. The molecule has 0 aliphatic rings. The Balaban J connectivity index is 1.00. The third-order valence-electron chi connectivity index (χ3n) is 15.7. The fraction of sp³-hybridized carbons (Fsp3) is 0. The molecule has 0 fully saturated rings. The van der Waals surface area contributed by atoms with E-state index in [0.29, 0.717) is 17.5 Å². The van der Waals surface area contributed by atoms with Crippen molar-refractivity contribution in [1.82, 2.24) is 24.1 Å². The van der Waals surface area contributed by atoms with Crippen molar-refractivity contribution in [3.63, 3.8) is 0 Å². The minimum Gasteiger partial charge on any atom is -0.456 e. The average molecular weight is 970 g/mol. The smallest absolute Gasteiger partial charge is 0.164 e. The van der Waals surface area contributed by atoms with Crippen LogP contribution in [0.15, 0.2) is 245 Å². The molecule has 5 aromatic heterocycles. The highest BCUT2D eigenvalue weighted by atomic mass is 16.3. The Morgan fingerprint density at radius 2 is 0.842 bits per heavy atom. The van der Waals surface area contributed by atoms with Gasteiger partial charge in [-0.3, -0.25) is 0 Å². The Morgan fingerprint density at radius 3 is 1.62 bits per heavy atom. The Bertz CT molecular complexity index is 5310. The maximum absolute atomic E-state index is 7.32. The molecule has 12 aromatic carbocycles. The zero-order chi connectivity index (χ0) is 49.6. The third-order valence-corrected chi connectivity index (χ3v) is 15.7. The molecule has 7 heteroatoms. The molecule has 5 heterocycles. The van der Waals surface area contributed by atoms with Crippen molar-refractivity contribution in [3.8, 4) is 45.5 Å². The van der Waals surface area contributed by atoms with Gasteiger partial charge in [0.25, 0.3) is 0 Å². The van der Waals surface area contributed by atoms with Crippen molar-refractivity contribution < 1.29 is 8.83 Å². The highest BCUT2D eigenvalue weighted by Crippen LogP contribution is 2.46. The second kappa shape index (κ2) is 15.6. The van der Waals surface area contributed by atoms with Crippen LogP contribution in [0.3, 0.4) is 0 Å². The Labute approximate surface area is 432 Å². The van der Waals surface area contributed by atoms with Gasteiger partial charge in [0.15, 0.2) is 23.1 Å². The largest absolute Gasteiger partial charge is 0.456 e. The zero-order valence-corrected chi connectivity index (χ0v) is 40.6. The summed E-state index contributed by atoms with van der Waals surface area (Å²) < 4.78 is 18.5. The first kappa shape index (κ1) is 41.1. The van der Waals surface area contributed by atoms with Crippen LogP contribution in [0.5, 0.6) is 0 Å². The van der Waals surface area contributed by atoms with Crippen molar-refractivity contribution in [2.45, 2.75) is 0 Å². The van der Waals surface area contributed by atoms with Crippen molar-refractivity contribution in [3.05, 3.63) is 237 Å². The first-order chi connectivity index (χ1) is 37.7. The summed E-state index contributed by atoms with van der Waals surface area (Å²) in [6, 6.07) is 83.7. The van der Waals surface area contributed by atoms with Crippen LogP contribution in [-0.2, 0) is 0 Å². The summed E-state index contributed by atoms with van der Waals surface area (Å²) in [4.78, 5) is 16.7. The van der Waals surface area contributed by atoms with E-state index < -0.39 is 0 Å². The summed E-state index contributed by atoms with van der Waals surface area (Å²) in [5.41, 5.74) is 12.0. The van der Waals surface area contributed by atoms with E-state index in [-0.39, 0.29) is 0 Å². The highest BCUT2D eigenvalue weighted by Gasteiger charge is 2.26. The van der Waals surface area contributed by atoms with Gasteiger partial charge in [-0.1, -0.05) is 158 Å². The molecule has 0 saturated carbocycles. The summed E-state index contributed by atoms with van der Waals surface area (Å²) in [5, 5.41) is 15.4. The van der Waals surface area contributed by atoms with Crippen LogP contribution in [-0.4, -0.2) is 24.1 Å². The normalized spacial score (nSPS) is 12.2. The van der Waals surface area contributed by atoms with Crippen molar-refractivity contribution >= 4 is 120 Å². The number of benzene rings is 12. The second-order valence-corrected chi connectivity index (χ2v) is 19.8. The minimum atomic E-state index is 0.528. The zero-order valence-electron chi connectivity index (χ0n) is 40.6. The van der Waals surface area contributed by atoms with Crippen LogP contribution in [0.2, 0.25) is 0 Å². The van der Waals surface area contributed by atoms with Crippen LogP contribution in [0.25, 0.3) is 165 Å². The van der Waals surface area contributed by atoms with Gasteiger partial charge in [-0.2, -0.15) is 0 Å². The molecule has 17 aromatic rings. The van der Waals surface area contributed by atoms with E-state index >= 15 is 0 Å². The number of aromatic nitrogens is 5. The Kier molecular flexibility index (Phi) is 8.43. The molecule has 0 aliphatic heterocycles. The van der Waals surface area contributed by atoms with E-state index in [1.807, 2.05) is 24.3 Å². The molecule has 0 radical (unpaired) electrons. The summed E-state index contributed by atoms with van der Waals surface area (Å²) in [6.45, 7) is 0. The van der Waals surface area contributed by atoms with Gasteiger partial charge in [-0.25, -0.2) is 15.0 Å². The van der Waals surface area contributed by atoms with Gasteiger partial charge in [-0.15, -0.1) is 0 Å². The molecule has 0 spiro atoms. The summed E-state index contributed by atoms with van der Waals surface area (Å²) >= 11 is 0. The number of para-hydroxylation sites is 3. The van der Waals surface area contributed by atoms with Crippen LogP contribution >= 0.6 is 0 Å². The number of furan rings is 2. The fourth-order valence-electron chi connectivity index (χ4n) is 12.4. The lowest BCUT2D eigenvalue weighted by atomic mass is 10.0. The molecule has 76 heavy (non-hydrogen) atoms. The number of nitrogens with zero attached hydrogens (tertiary/aromatic N) is 5. The molecule has 0 saturated heterocycles. The molecule has 0 N–H and O–H groups in total. The molecule has 352 valence electrons. The van der Waals surface area contributed by atoms with E-state index in [2.05, 4.69) is 221 Å². The SMILES string of the molecule is c1ccc(-n2c3ccccc3c3c(-c4nc(-c5cccc6oc7ccccc7c56)nc(-c5ccc(-n6c7cc8ccccc8cc7c7c8ccccc8ccc76)c6oc7cc8ccccc8cc7c56)n4)cccc32)cc1. The topological polar surface area (TPSA) is 74.8 Å². The first-order valence-electron chi connectivity index (χ1n) is 25.7. The van der Waals surface area contributed by atoms with Crippen LogP contribution in [0.1, 0.15) is 0 Å². The molecular formula is C69H39N5O2. The number of fused-ring (bicyclic) bond motifs is 16. The molecule has 7 nitrogen and oxygen atoms in total. The van der Waals surface area contributed by atoms with Gasteiger partial charge in [0.2, 0.25) is 0 Å². The minimum absolute atomic E-state index is 0.528. The average Bonchev–Trinajstić information content (AvgIpc) is 4.28. The van der Waals surface area contributed by atoms with Gasteiger partial charge in [0.05, 0.1) is 27.8 Å². The first-order valence-corrected chi connectivity index (χ1v) is 25.7. The van der Waals surface area contributed by atoms with E-state index in [9.17, 15) is 0 Å². The van der Waals surface area contributed by atoms with Crippen molar-refractivity contribution in [2.75, 3.05) is 0 Å². The van der Waals surface area contributed by atoms with E-state index in [0.717, 1.165) is 116 Å². The van der Waals surface area contributed by atoms with Crippen LogP contribution in [0.4, 0.5) is 0 Å². The fourth-order valence-corrected chi connectivity index (χ4v) is 12.4. The molecule has 17 rings (SSSR count). The van der Waals surface area contributed by atoms with E-state index in [1.54, 1.807) is 0 Å². The molecule has 0 atom stereocenters. The summed E-state index contributed by atoms with van der Waals surface area (Å²) in [7, 11) is 0. The van der Waals surface area contributed by atoms with Crippen LogP contribution in [0, 0.1) is 0 Å². The van der Waals surface area contributed by atoms with Gasteiger partial charge in [0.1, 0.15) is 16.7 Å². The molecule has 0 aliphatic carbocycles. The highest BCUT2D eigenvalue weighted by molar-refractivity contribution is 6.25. The van der Waals surface area contributed by atoms with Crippen molar-refractivity contribution in [1.29, 1.82) is 0 Å². The number of rotatable bonds is 5. The number of hydrogen-bond acceptors (Lipinski definition) is 5. The molecule has 0 bridgehead atoms. The predicted molar refractivity (Wildman–Crippen MR) is 312 cm³/mol. The summed E-state index contributed by atoms with van der Waals surface area (Å²) in [6.07, 6.45) is 0. The molecular weight excluding hydrogens is 931 g/mol. The standard InChI is InChI=1S/C69H39N5O2/c1-2-21-45(22-3-1)73-54-28-12-10-24-47(54)63-49(26-14-29-55(63)73)67-70-68(50-27-15-31-60-64(50)48-25-11-13-30-59(48)75-60)72-69(71-67)51-33-35-57(66-65(51)53-37-42-18-5-7-20-44(42)39-61(53)76-66)74-56-34-32-40-16-8-9-23-46(40)62(56)52-36-41-17-4-6-19-43(41)38-58(52)74/h1-39H. The predicted octanol–water partition coefficient (Wildman–Crippen LogP) is 18.3. The lowest BCUT2D eigenvalue weighted by Crippen LogP contribution is -2.02. The maximum Gasteiger partial charge on any atom is 0.164 e. The quantitative estimate of drug-likeness (QED) is 0.172. The van der Waals surface area contributed by atoms with Gasteiger partial charge in [0, 0.05) is 65.5 Å². The molecule has 0 amide bonds. The molecule has 0 unspecified atom stereocenters. The van der Waals surface area contributed by atoms with Gasteiger partial charge < -0.3 is 18.0 Å². The second-order valence-electron chi connectivity index (χ2n) is 19.8. The van der Waals surface area contributed by atoms with Gasteiger partial charge >= 0.3 is 0 Å². The van der Waals surface area contributed by atoms with E-state index in [1.165, 1.54) is 32.3 Å². The lowest BCUT2D eigenvalue weighted by Gasteiger charge is -2.13. The lowest BCUT2D eigenvalue weighted by molar-refractivity contribution is 0.667. The third kappa shape index (κ3) is 5.85.